The van der Waals surface area contributed by atoms with Gasteiger partial charge in [-0.15, -0.1) is 0 Å². The number of benzene rings is 1. The Labute approximate surface area is 182 Å². The molecule has 0 radical (unpaired) electrons. The fourth-order valence-electron chi connectivity index (χ4n) is 3.26. The van der Waals surface area contributed by atoms with Crippen molar-refractivity contribution >= 4 is 23.1 Å². The molecule has 3 nitrogen and oxygen atoms in total. The lowest BCUT2D eigenvalue weighted by molar-refractivity contribution is -0.138. The fraction of sp³-hybridized carbons (Fsp3) is 0.600. The van der Waals surface area contributed by atoms with Gasteiger partial charge >= 0.3 is 5.97 Å². The van der Waals surface area contributed by atoms with Crippen molar-refractivity contribution in [3.63, 3.8) is 0 Å². The van der Waals surface area contributed by atoms with Gasteiger partial charge in [0.05, 0.1) is 5.57 Å². The average molecular weight is 418 g/mol. The van der Waals surface area contributed by atoms with E-state index >= 15 is 0 Å². The number of halogens is 1. The van der Waals surface area contributed by atoms with E-state index < -0.39 is 0 Å². The van der Waals surface area contributed by atoms with Gasteiger partial charge in [0.1, 0.15) is 12.3 Å². The van der Waals surface area contributed by atoms with Crippen molar-refractivity contribution in [3.05, 3.63) is 41.1 Å². The van der Waals surface area contributed by atoms with Crippen molar-refractivity contribution in [1.82, 2.24) is 0 Å². The molecule has 0 aromatic heterocycles. The van der Waals surface area contributed by atoms with Crippen LogP contribution >= 0.6 is 11.6 Å². The molecule has 160 valence electrons. The molecule has 0 heterocycles. The lowest BCUT2D eigenvalue weighted by Gasteiger charge is -2.03. The van der Waals surface area contributed by atoms with Gasteiger partial charge in [0.25, 0.3) is 0 Å². The average Bonchev–Trinajstić information content (AvgIpc) is 2.73. The van der Waals surface area contributed by atoms with Gasteiger partial charge < -0.3 is 4.74 Å². The topological polar surface area (TPSA) is 50.1 Å². The number of hydrogen-bond acceptors (Lipinski definition) is 3. The Balaban J connectivity index is 2.02. The first kappa shape index (κ1) is 25.2. The number of hydrogen-bond donors (Lipinski definition) is 0. The summed E-state index contributed by atoms with van der Waals surface area (Å²) in [7, 11) is 0. The van der Waals surface area contributed by atoms with Crippen molar-refractivity contribution in [2.75, 3.05) is 0 Å². The SMILES string of the molecule is CCCCCCCCCCCCCCCC(=O)O/C=C(\C#N)c1ccc(Cl)cc1. The summed E-state index contributed by atoms with van der Waals surface area (Å²) in [6.07, 6.45) is 18.2. The van der Waals surface area contributed by atoms with Crippen LogP contribution in [0.15, 0.2) is 30.5 Å². The Hall–Kier alpha value is -1.79. The van der Waals surface area contributed by atoms with E-state index in [2.05, 4.69) is 13.0 Å². The number of rotatable bonds is 16. The number of esters is 1. The summed E-state index contributed by atoms with van der Waals surface area (Å²) in [4.78, 5) is 11.9. The van der Waals surface area contributed by atoms with Crippen molar-refractivity contribution in [3.8, 4) is 6.07 Å². The Morgan fingerprint density at radius 3 is 1.86 bits per heavy atom. The molecule has 0 spiro atoms. The second kappa shape index (κ2) is 17.1. The Morgan fingerprint density at radius 1 is 0.897 bits per heavy atom. The zero-order chi connectivity index (χ0) is 21.2. The molecule has 1 rings (SSSR count). The molecule has 0 aliphatic rings. The van der Waals surface area contributed by atoms with Crippen LogP contribution < -0.4 is 0 Å². The first-order chi connectivity index (χ1) is 14.2. The zero-order valence-corrected chi connectivity index (χ0v) is 18.7. The molecule has 29 heavy (non-hydrogen) atoms. The van der Waals surface area contributed by atoms with Crippen LogP contribution in [0.2, 0.25) is 5.02 Å². The molecule has 0 atom stereocenters. The van der Waals surface area contributed by atoms with Gasteiger partial charge in [-0.2, -0.15) is 5.26 Å². The Kier molecular flexibility index (Phi) is 14.9. The summed E-state index contributed by atoms with van der Waals surface area (Å²) in [5, 5.41) is 9.82. The fourth-order valence-corrected chi connectivity index (χ4v) is 3.39. The van der Waals surface area contributed by atoms with Gasteiger partial charge in [-0.25, -0.2) is 0 Å². The highest BCUT2D eigenvalue weighted by Crippen LogP contribution is 2.17. The summed E-state index contributed by atoms with van der Waals surface area (Å²) in [5.74, 6) is -0.283. The first-order valence-corrected chi connectivity index (χ1v) is 11.6. The number of nitriles is 1. The van der Waals surface area contributed by atoms with E-state index in [1.165, 1.54) is 76.9 Å². The minimum Gasteiger partial charge on any atom is -0.433 e. The Bertz CT molecular complexity index is 631. The van der Waals surface area contributed by atoms with E-state index in [9.17, 15) is 10.1 Å². The van der Waals surface area contributed by atoms with Crippen molar-refractivity contribution in [2.24, 2.45) is 0 Å². The van der Waals surface area contributed by atoms with E-state index in [1.807, 2.05) is 0 Å². The maximum atomic E-state index is 11.9. The lowest BCUT2D eigenvalue weighted by Crippen LogP contribution is -2.00. The van der Waals surface area contributed by atoms with Crippen LogP contribution in [0.1, 0.15) is 102 Å². The summed E-state index contributed by atoms with van der Waals surface area (Å²) in [6, 6.07) is 8.93. The minimum atomic E-state index is -0.283. The number of carbonyl (C=O) groups is 1. The maximum absolute atomic E-state index is 11.9. The van der Waals surface area contributed by atoms with E-state index in [4.69, 9.17) is 16.3 Å². The lowest BCUT2D eigenvalue weighted by atomic mass is 10.0. The second-order valence-electron chi connectivity index (χ2n) is 7.63. The van der Waals surface area contributed by atoms with Crippen LogP contribution in [-0.4, -0.2) is 5.97 Å². The van der Waals surface area contributed by atoms with Crippen molar-refractivity contribution < 1.29 is 9.53 Å². The summed E-state index contributed by atoms with van der Waals surface area (Å²) < 4.78 is 5.13. The summed E-state index contributed by atoms with van der Waals surface area (Å²) in [5.41, 5.74) is 1.01. The quantitative estimate of drug-likeness (QED) is 0.118. The Morgan fingerprint density at radius 2 is 1.38 bits per heavy atom. The van der Waals surface area contributed by atoms with Gasteiger partial charge in [-0.1, -0.05) is 108 Å². The van der Waals surface area contributed by atoms with Crippen LogP contribution in [-0.2, 0) is 9.53 Å². The minimum absolute atomic E-state index is 0.283. The van der Waals surface area contributed by atoms with Crippen molar-refractivity contribution in [1.29, 1.82) is 5.26 Å². The molecular formula is C25H36ClNO2. The molecule has 0 fully saturated rings. The van der Waals surface area contributed by atoms with Crippen LogP contribution in [0.4, 0.5) is 0 Å². The van der Waals surface area contributed by atoms with Gasteiger partial charge in [0, 0.05) is 11.4 Å². The summed E-state index contributed by atoms with van der Waals surface area (Å²) >= 11 is 5.85. The zero-order valence-electron chi connectivity index (χ0n) is 17.9. The summed E-state index contributed by atoms with van der Waals surface area (Å²) in [6.45, 7) is 2.26. The molecular weight excluding hydrogens is 382 g/mol. The second-order valence-corrected chi connectivity index (χ2v) is 8.07. The van der Waals surface area contributed by atoms with Gasteiger partial charge in [0.2, 0.25) is 0 Å². The highest BCUT2D eigenvalue weighted by atomic mass is 35.5. The maximum Gasteiger partial charge on any atom is 0.310 e. The number of carbonyl (C=O) groups excluding carboxylic acids is 1. The van der Waals surface area contributed by atoms with E-state index in [0.717, 1.165) is 12.8 Å². The predicted octanol–water partition coefficient (Wildman–Crippen LogP) is 8.23. The monoisotopic (exact) mass is 417 g/mol. The van der Waals surface area contributed by atoms with E-state index in [-0.39, 0.29) is 5.97 Å². The third-order valence-corrected chi connectivity index (χ3v) is 5.32. The van der Waals surface area contributed by atoms with Gasteiger partial charge in [0.15, 0.2) is 0 Å². The molecule has 0 saturated heterocycles. The molecule has 0 unspecified atom stereocenters. The third kappa shape index (κ3) is 13.1. The predicted molar refractivity (Wildman–Crippen MR) is 121 cm³/mol. The molecule has 0 aliphatic heterocycles. The number of ether oxygens (including phenoxy) is 1. The number of allylic oxidation sites excluding steroid dienone is 1. The third-order valence-electron chi connectivity index (χ3n) is 5.07. The van der Waals surface area contributed by atoms with E-state index in [0.29, 0.717) is 22.6 Å². The van der Waals surface area contributed by atoms with Gasteiger partial charge in [-0.3, -0.25) is 4.79 Å². The molecule has 0 aliphatic carbocycles. The van der Waals surface area contributed by atoms with Crippen LogP contribution in [0.5, 0.6) is 0 Å². The highest BCUT2D eigenvalue weighted by Gasteiger charge is 2.05. The highest BCUT2D eigenvalue weighted by molar-refractivity contribution is 6.30. The van der Waals surface area contributed by atoms with E-state index in [1.54, 1.807) is 24.3 Å². The molecule has 4 heteroatoms. The van der Waals surface area contributed by atoms with Crippen LogP contribution in [0, 0.1) is 11.3 Å². The number of unbranched alkanes of at least 4 members (excludes halogenated alkanes) is 12. The first-order valence-electron chi connectivity index (χ1n) is 11.2. The van der Waals surface area contributed by atoms with Crippen molar-refractivity contribution in [2.45, 2.75) is 96.8 Å². The molecule has 1 aromatic rings. The molecule has 0 amide bonds. The molecule has 1 aromatic carbocycles. The molecule has 0 saturated carbocycles. The number of nitrogens with zero attached hydrogens (tertiary/aromatic N) is 1. The van der Waals surface area contributed by atoms with Crippen LogP contribution in [0.25, 0.3) is 5.57 Å². The van der Waals surface area contributed by atoms with Crippen LogP contribution in [0.3, 0.4) is 0 Å². The van der Waals surface area contributed by atoms with Gasteiger partial charge in [-0.05, 0) is 24.1 Å². The normalized spacial score (nSPS) is 11.3. The largest absolute Gasteiger partial charge is 0.433 e. The smallest absolute Gasteiger partial charge is 0.310 e. The standard InChI is InChI=1S/C25H36ClNO2/c1-2-3-4-5-6-7-8-9-10-11-12-13-14-15-25(28)29-21-23(20-27)22-16-18-24(26)19-17-22/h16-19,21H,2-15H2,1H3/b23-21+. The molecule has 0 bridgehead atoms. The molecule has 0 N–H and O–H groups in total.